The van der Waals surface area contributed by atoms with E-state index in [0.717, 1.165) is 50.3 Å². The lowest BCUT2D eigenvalue weighted by Crippen LogP contribution is -2.30. The molecular formula is C34H39N5O3. The molecule has 2 fully saturated rings. The van der Waals surface area contributed by atoms with Gasteiger partial charge in [-0.1, -0.05) is 42.8 Å². The van der Waals surface area contributed by atoms with Crippen molar-refractivity contribution in [1.29, 1.82) is 0 Å². The fourth-order valence-electron chi connectivity index (χ4n) is 6.36. The van der Waals surface area contributed by atoms with Gasteiger partial charge in [0.2, 0.25) is 0 Å². The molecule has 1 amide bonds. The zero-order chi connectivity index (χ0) is 28.9. The highest BCUT2D eigenvalue weighted by molar-refractivity contribution is 6.37. The van der Waals surface area contributed by atoms with Gasteiger partial charge in [0.15, 0.2) is 0 Å². The van der Waals surface area contributed by atoms with Crippen LogP contribution in [0.3, 0.4) is 0 Å². The van der Waals surface area contributed by atoms with Crippen molar-refractivity contribution in [2.75, 3.05) is 43.4 Å². The summed E-state index contributed by atoms with van der Waals surface area (Å²) in [5.74, 6) is -0.274. The minimum atomic E-state index is -0.425. The third-order valence-corrected chi connectivity index (χ3v) is 8.67. The SMILES string of the molecule is O=C1Nc2ccc([N+](=O)[O-])cc2/C1=C(/Nc1ccc(CN2CCCC2)cc1)c1ccc(CCCN2CCCCC2)cc1. The van der Waals surface area contributed by atoms with Gasteiger partial charge in [-0.2, -0.15) is 0 Å². The number of hydrogen-bond donors (Lipinski definition) is 2. The smallest absolute Gasteiger partial charge is 0.270 e. The second-order valence-electron chi connectivity index (χ2n) is 11.7. The van der Waals surface area contributed by atoms with Gasteiger partial charge < -0.3 is 15.5 Å². The largest absolute Gasteiger partial charge is 0.354 e. The summed E-state index contributed by atoms with van der Waals surface area (Å²) in [5.41, 5.74) is 6.36. The molecule has 0 aromatic heterocycles. The van der Waals surface area contributed by atoms with Crippen LogP contribution in [0.2, 0.25) is 0 Å². The maximum atomic E-state index is 13.3. The molecule has 3 aromatic rings. The van der Waals surface area contributed by atoms with Crippen LogP contribution in [0.25, 0.3) is 11.3 Å². The molecule has 3 heterocycles. The molecule has 2 saturated heterocycles. The topological polar surface area (TPSA) is 90.7 Å². The number of carbonyl (C=O) groups is 1. The standard InChI is InChI=1S/C34H39N5O3/c40-34-32(30-23-29(39(41)42)16-17-31(30)36-34)33(35-28-14-10-26(11-15-28)24-38-20-4-5-21-38)27-12-8-25(9-13-27)7-6-22-37-18-2-1-3-19-37/h8-17,23,35H,1-7,18-22,24H2,(H,36,40)/b33-32-. The highest BCUT2D eigenvalue weighted by Crippen LogP contribution is 2.39. The van der Waals surface area contributed by atoms with Crippen LogP contribution in [0, 0.1) is 10.1 Å². The number of benzene rings is 3. The molecule has 3 aromatic carbocycles. The van der Waals surface area contributed by atoms with Gasteiger partial charge in [0.25, 0.3) is 11.6 Å². The Hall–Kier alpha value is -4.01. The number of likely N-dealkylation sites (tertiary alicyclic amines) is 2. The van der Waals surface area contributed by atoms with Gasteiger partial charge in [0.05, 0.1) is 16.2 Å². The first kappa shape index (κ1) is 28.1. The average Bonchev–Trinajstić information content (AvgIpc) is 3.64. The number of hydrogen-bond acceptors (Lipinski definition) is 6. The first-order valence-corrected chi connectivity index (χ1v) is 15.3. The van der Waals surface area contributed by atoms with Crippen molar-refractivity contribution >= 4 is 34.2 Å². The van der Waals surface area contributed by atoms with Crippen molar-refractivity contribution in [1.82, 2.24) is 9.80 Å². The molecule has 42 heavy (non-hydrogen) atoms. The average molecular weight is 566 g/mol. The number of nitro benzene ring substituents is 1. The summed E-state index contributed by atoms with van der Waals surface area (Å²) in [5, 5.41) is 18.0. The number of nitrogens with one attached hydrogen (secondary N) is 2. The minimum absolute atomic E-state index is 0.0441. The van der Waals surface area contributed by atoms with E-state index in [1.807, 2.05) is 12.1 Å². The van der Waals surface area contributed by atoms with Crippen molar-refractivity contribution in [3.63, 3.8) is 0 Å². The van der Waals surface area contributed by atoms with E-state index in [2.05, 4.69) is 56.8 Å². The maximum Gasteiger partial charge on any atom is 0.270 e. The predicted molar refractivity (Wildman–Crippen MR) is 168 cm³/mol. The van der Waals surface area contributed by atoms with Crippen molar-refractivity contribution < 1.29 is 9.72 Å². The third-order valence-electron chi connectivity index (χ3n) is 8.67. The normalized spacial score (nSPS) is 18.5. The lowest BCUT2D eigenvalue weighted by atomic mass is 9.98. The van der Waals surface area contributed by atoms with Crippen LogP contribution in [-0.2, 0) is 17.8 Å². The third kappa shape index (κ3) is 6.55. The van der Waals surface area contributed by atoms with Gasteiger partial charge in [0, 0.05) is 35.6 Å². The molecule has 0 bridgehead atoms. The van der Waals surface area contributed by atoms with E-state index in [-0.39, 0.29) is 11.6 Å². The van der Waals surface area contributed by atoms with Crippen LogP contribution < -0.4 is 10.6 Å². The van der Waals surface area contributed by atoms with Gasteiger partial charge in [-0.05, 0) is 106 Å². The Balaban J connectivity index is 1.27. The Morgan fingerprint density at radius 1 is 0.833 bits per heavy atom. The zero-order valence-corrected chi connectivity index (χ0v) is 24.1. The number of amides is 1. The molecule has 8 nitrogen and oxygen atoms in total. The Morgan fingerprint density at radius 3 is 2.21 bits per heavy atom. The number of aryl methyl sites for hydroxylation is 1. The van der Waals surface area contributed by atoms with E-state index in [1.54, 1.807) is 6.07 Å². The predicted octanol–water partition coefficient (Wildman–Crippen LogP) is 6.54. The number of rotatable bonds is 10. The van der Waals surface area contributed by atoms with Crippen molar-refractivity contribution in [3.8, 4) is 0 Å². The van der Waals surface area contributed by atoms with Gasteiger partial charge in [-0.3, -0.25) is 19.8 Å². The van der Waals surface area contributed by atoms with Crippen LogP contribution >= 0.6 is 0 Å². The van der Waals surface area contributed by atoms with Gasteiger partial charge in [-0.15, -0.1) is 0 Å². The molecule has 0 unspecified atom stereocenters. The van der Waals surface area contributed by atoms with Crippen molar-refractivity contribution in [2.45, 2.75) is 51.5 Å². The van der Waals surface area contributed by atoms with E-state index in [1.165, 1.54) is 68.5 Å². The van der Waals surface area contributed by atoms with Crippen molar-refractivity contribution in [2.24, 2.45) is 0 Å². The monoisotopic (exact) mass is 565 g/mol. The van der Waals surface area contributed by atoms with Crippen LogP contribution in [0.1, 0.15) is 60.8 Å². The zero-order valence-electron chi connectivity index (χ0n) is 24.1. The Labute approximate surface area is 247 Å². The highest BCUT2D eigenvalue weighted by atomic mass is 16.6. The van der Waals surface area contributed by atoms with E-state index in [4.69, 9.17) is 0 Å². The molecule has 0 radical (unpaired) electrons. The molecule has 8 heteroatoms. The number of piperidine rings is 1. The fourth-order valence-corrected chi connectivity index (χ4v) is 6.36. The first-order valence-electron chi connectivity index (χ1n) is 15.3. The fraction of sp³-hybridized carbons (Fsp3) is 0.382. The lowest BCUT2D eigenvalue weighted by Gasteiger charge is -2.26. The second kappa shape index (κ2) is 12.9. The summed E-state index contributed by atoms with van der Waals surface area (Å²) in [6, 6.07) is 21.2. The van der Waals surface area contributed by atoms with Crippen LogP contribution in [0.5, 0.6) is 0 Å². The number of non-ortho nitro benzene ring substituents is 1. The van der Waals surface area contributed by atoms with Gasteiger partial charge in [-0.25, -0.2) is 0 Å². The first-order chi connectivity index (χ1) is 20.5. The van der Waals surface area contributed by atoms with Crippen LogP contribution in [-0.4, -0.2) is 53.4 Å². The Bertz CT molecular complexity index is 1450. The van der Waals surface area contributed by atoms with Crippen LogP contribution in [0.15, 0.2) is 66.7 Å². The quantitative estimate of drug-likeness (QED) is 0.165. The molecular weight excluding hydrogens is 526 g/mol. The molecule has 218 valence electrons. The Morgan fingerprint density at radius 2 is 1.50 bits per heavy atom. The number of nitro groups is 1. The maximum absolute atomic E-state index is 13.3. The molecule has 0 atom stereocenters. The highest BCUT2D eigenvalue weighted by Gasteiger charge is 2.30. The number of fused-ring (bicyclic) bond motifs is 1. The number of anilines is 2. The van der Waals surface area contributed by atoms with Crippen molar-refractivity contribution in [3.05, 3.63) is 99.1 Å². The van der Waals surface area contributed by atoms with E-state index >= 15 is 0 Å². The molecule has 6 rings (SSSR count). The summed E-state index contributed by atoms with van der Waals surface area (Å²) < 4.78 is 0. The number of carbonyl (C=O) groups excluding carboxylic acids is 1. The Kier molecular flexibility index (Phi) is 8.63. The molecule has 3 aliphatic rings. The van der Waals surface area contributed by atoms with Gasteiger partial charge >= 0.3 is 0 Å². The summed E-state index contributed by atoms with van der Waals surface area (Å²) >= 11 is 0. The minimum Gasteiger partial charge on any atom is -0.354 e. The molecule has 0 spiro atoms. The number of nitrogens with zero attached hydrogens (tertiary/aromatic N) is 3. The van der Waals surface area contributed by atoms with Crippen LogP contribution in [0.4, 0.5) is 17.1 Å². The summed E-state index contributed by atoms with van der Waals surface area (Å²) in [6.45, 7) is 6.77. The summed E-state index contributed by atoms with van der Waals surface area (Å²) in [6.07, 6.45) is 8.60. The molecule has 3 aliphatic heterocycles. The summed E-state index contributed by atoms with van der Waals surface area (Å²) in [4.78, 5) is 29.5. The second-order valence-corrected chi connectivity index (χ2v) is 11.7. The van der Waals surface area contributed by atoms with E-state index in [0.29, 0.717) is 22.5 Å². The summed E-state index contributed by atoms with van der Waals surface area (Å²) in [7, 11) is 0. The molecule has 0 saturated carbocycles. The van der Waals surface area contributed by atoms with E-state index in [9.17, 15) is 14.9 Å². The lowest BCUT2D eigenvalue weighted by molar-refractivity contribution is -0.384. The molecule has 2 N–H and O–H groups in total. The van der Waals surface area contributed by atoms with Gasteiger partial charge in [0.1, 0.15) is 0 Å². The molecule has 0 aliphatic carbocycles. The van der Waals surface area contributed by atoms with E-state index < -0.39 is 4.92 Å².